The highest BCUT2D eigenvalue weighted by Gasteiger charge is 2.95. The van der Waals surface area contributed by atoms with Gasteiger partial charge in [0.05, 0.1) is 11.2 Å². The lowest BCUT2D eigenvalue weighted by molar-refractivity contribution is -0.496. The van der Waals surface area contributed by atoms with Gasteiger partial charge in [0.1, 0.15) is 0 Å². The van der Waals surface area contributed by atoms with Crippen LogP contribution in [-0.2, 0) is 4.18 Å². The molecule has 4 aliphatic carbocycles. The molecule has 14 heavy (non-hydrogen) atoms. The van der Waals surface area contributed by atoms with Gasteiger partial charge in [-0.15, -0.1) is 0 Å². The highest BCUT2D eigenvalue weighted by molar-refractivity contribution is 7.97. The van der Waals surface area contributed by atoms with Crippen molar-refractivity contribution in [3.8, 4) is 0 Å². The Morgan fingerprint density at radius 2 is 2.21 bits per heavy atom. The van der Waals surface area contributed by atoms with Crippen molar-refractivity contribution in [3.63, 3.8) is 0 Å². The Bertz CT molecular complexity index is 338. The van der Waals surface area contributed by atoms with E-state index >= 15 is 0 Å². The molecule has 5 atom stereocenters. The molecule has 0 amide bonds. The summed E-state index contributed by atoms with van der Waals surface area (Å²) in [5.41, 5.74) is -0.0942. The highest BCUT2D eigenvalue weighted by Crippen LogP contribution is 2.91. The Hall–Kier alpha value is 0.01000. The van der Waals surface area contributed by atoms with Crippen LogP contribution in [0.15, 0.2) is 12.0 Å². The number of hydrogen-bond donors (Lipinski definition) is 1. The first-order valence-corrected chi connectivity index (χ1v) is 6.17. The molecule has 0 radical (unpaired) electrons. The first kappa shape index (κ1) is 8.20. The third-order valence-corrected chi connectivity index (χ3v) is 5.95. The molecule has 4 aliphatic rings. The van der Waals surface area contributed by atoms with Gasteiger partial charge in [-0.2, -0.15) is 0 Å². The summed E-state index contributed by atoms with van der Waals surface area (Å²) in [6.45, 7) is 3.65. The average Bonchev–Trinajstić information content (AvgIpc) is 2.05. The quantitative estimate of drug-likeness (QED) is 0.723. The van der Waals surface area contributed by atoms with Crippen molar-refractivity contribution in [1.29, 1.82) is 0 Å². The Labute approximate surface area is 87.9 Å². The molecule has 4 saturated carbocycles. The van der Waals surface area contributed by atoms with Crippen LogP contribution in [0.25, 0.3) is 0 Å². The first-order chi connectivity index (χ1) is 6.69. The Morgan fingerprint density at radius 3 is 2.79 bits per heavy atom. The summed E-state index contributed by atoms with van der Waals surface area (Å²) < 4.78 is 5.84. The molecule has 5 unspecified atom stereocenters. The lowest BCUT2D eigenvalue weighted by Gasteiger charge is -2.92. The highest BCUT2D eigenvalue weighted by atomic mass is 32.2. The fourth-order valence-corrected chi connectivity index (χ4v) is 5.76. The topological polar surface area (TPSA) is 29.5 Å². The van der Waals surface area contributed by atoms with E-state index in [0.717, 1.165) is 24.7 Å². The first-order valence-electron chi connectivity index (χ1n) is 5.36. The third kappa shape index (κ3) is 0.481. The van der Waals surface area contributed by atoms with Crippen LogP contribution < -0.4 is 0 Å². The van der Waals surface area contributed by atoms with Gasteiger partial charge in [-0.3, -0.25) is 0 Å². The van der Waals surface area contributed by atoms with E-state index in [1.165, 1.54) is 24.9 Å². The minimum absolute atomic E-state index is 0.0342. The predicted molar refractivity (Wildman–Crippen MR) is 54.4 cm³/mol. The van der Waals surface area contributed by atoms with E-state index in [9.17, 15) is 5.11 Å². The van der Waals surface area contributed by atoms with E-state index in [1.807, 2.05) is 0 Å². The molecule has 1 N–H and O–H groups in total. The van der Waals surface area contributed by atoms with E-state index in [0.29, 0.717) is 0 Å². The van der Waals surface area contributed by atoms with Crippen LogP contribution in [0.3, 0.4) is 0 Å². The van der Waals surface area contributed by atoms with Crippen molar-refractivity contribution >= 4 is 12.0 Å². The molecule has 3 heteroatoms. The largest absolute Gasteiger partial charge is 0.389 e. The van der Waals surface area contributed by atoms with Gasteiger partial charge in [0, 0.05) is 23.9 Å². The molecular formula is C11H14O2S. The molecule has 0 aromatic heterocycles. The van der Waals surface area contributed by atoms with Gasteiger partial charge in [-0.05, 0) is 36.5 Å². The summed E-state index contributed by atoms with van der Waals surface area (Å²) >= 11 is 1.35. The molecule has 0 aromatic rings. The SMILES string of the molecule is C=CSOC12CC3CC4CC(O)(C1)C432. The van der Waals surface area contributed by atoms with Crippen molar-refractivity contribution in [2.24, 2.45) is 17.3 Å². The lowest BCUT2D eigenvalue weighted by Crippen LogP contribution is -2.97. The predicted octanol–water partition coefficient (Wildman–Crippen LogP) is 2.10. The van der Waals surface area contributed by atoms with E-state index in [-0.39, 0.29) is 16.6 Å². The van der Waals surface area contributed by atoms with Crippen molar-refractivity contribution in [2.75, 3.05) is 0 Å². The van der Waals surface area contributed by atoms with Crippen LogP contribution in [0.5, 0.6) is 0 Å². The van der Waals surface area contributed by atoms with Gasteiger partial charge in [0.15, 0.2) is 0 Å². The fourth-order valence-electron chi connectivity index (χ4n) is 5.25. The maximum atomic E-state index is 10.3. The summed E-state index contributed by atoms with van der Waals surface area (Å²) in [4.78, 5) is 0. The zero-order valence-corrected chi connectivity index (χ0v) is 8.85. The summed E-state index contributed by atoms with van der Waals surface area (Å²) in [7, 11) is 0. The average molecular weight is 210 g/mol. The minimum atomic E-state index is -0.333. The molecule has 4 rings (SSSR count). The van der Waals surface area contributed by atoms with Crippen molar-refractivity contribution in [3.05, 3.63) is 12.0 Å². The number of rotatable bonds is 3. The molecule has 4 fully saturated rings. The van der Waals surface area contributed by atoms with Crippen molar-refractivity contribution < 1.29 is 9.29 Å². The van der Waals surface area contributed by atoms with E-state index in [1.54, 1.807) is 5.41 Å². The molecule has 0 bridgehead atoms. The maximum Gasteiger partial charge on any atom is 0.0952 e. The fraction of sp³-hybridized carbons (Fsp3) is 0.818. The molecule has 0 aromatic carbocycles. The maximum absolute atomic E-state index is 10.3. The van der Waals surface area contributed by atoms with Gasteiger partial charge in [0.25, 0.3) is 0 Å². The minimum Gasteiger partial charge on any atom is -0.389 e. The van der Waals surface area contributed by atoms with Crippen LogP contribution >= 0.6 is 12.0 Å². The van der Waals surface area contributed by atoms with E-state index < -0.39 is 0 Å². The zero-order chi connectivity index (χ0) is 9.60. The number of hydrogen-bond acceptors (Lipinski definition) is 3. The molecule has 0 aliphatic heterocycles. The molecule has 2 nitrogen and oxygen atoms in total. The lowest BCUT2D eigenvalue weighted by atomic mass is 9.15. The number of aliphatic hydroxyl groups is 1. The second kappa shape index (κ2) is 1.95. The Kier molecular flexibility index (Phi) is 1.14. The summed E-state index contributed by atoms with van der Waals surface area (Å²) in [5, 5.41) is 12.0. The monoisotopic (exact) mass is 210 g/mol. The second-order valence-corrected chi connectivity index (χ2v) is 6.15. The molecule has 1 spiro atoms. The van der Waals surface area contributed by atoms with Gasteiger partial charge >= 0.3 is 0 Å². The third-order valence-electron chi connectivity index (χ3n) is 5.39. The van der Waals surface area contributed by atoms with Gasteiger partial charge < -0.3 is 9.29 Å². The van der Waals surface area contributed by atoms with Crippen LogP contribution in [0, 0.1) is 17.3 Å². The Morgan fingerprint density at radius 1 is 1.43 bits per heavy atom. The molecule has 0 heterocycles. The van der Waals surface area contributed by atoms with Crippen LogP contribution in [-0.4, -0.2) is 16.3 Å². The smallest absolute Gasteiger partial charge is 0.0952 e. The van der Waals surface area contributed by atoms with E-state index in [4.69, 9.17) is 4.18 Å². The van der Waals surface area contributed by atoms with Gasteiger partial charge in [-0.1, -0.05) is 6.58 Å². The van der Waals surface area contributed by atoms with Crippen molar-refractivity contribution in [1.82, 2.24) is 0 Å². The van der Waals surface area contributed by atoms with Gasteiger partial charge in [0.2, 0.25) is 0 Å². The van der Waals surface area contributed by atoms with Crippen molar-refractivity contribution in [2.45, 2.75) is 36.9 Å². The summed E-state index contributed by atoms with van der Waals surface area (Å²) in [6.07, 6.45) is 4.42. The van der Waals surface area contributed by atoms with Crippen LogP contribution in [0.2, 0.25) is 0 Å². The normalized spacial score (nSPS) is 66.1. The molecule has 76 valence electrons. The Balaban J connectivity index is 1.65. The van der Waals surface area contributed by atoms with E-state index in [2.05, 4.69) is 6.58 Å². The summed E-state index contributed by atoms with van der Waals surface area (Å²) in [6, 6.07) is 0. The standard InChI is InChI=1S/C11H14O2S/c1-2-14-13-10-5-8-3-7-4-9(12,6-10)11(7,8)10/h2,7-8,12H,1,3-6H2. The second-order valence-electron chi connectivity index (χ2n) is 5.46. The van der Waals surface area contributed by atoms with Gasteiger partial charge in [-0.25, -0.2) is 0 Å². The summed E-state index contributed by atoms with van der Waals surface area (Å²) in [5.74, 6) is 1.54. The van der Waals surface area contributed by atoms with Crippen LogP contribution in [0.4, 0.5) is 0 Å². The molecular weight excluding hydrogens is 196 g/mol. The van der Waals surface area contributed by atoms with Crippen LogP contribution in [0.1, 0.15) is 25.7 Å². The molecule has 0 saturated heterocycles. The zero-order valence-electron chi connectivity index (χ0n) is 8.03.